The molecule has 10 nitrogen and oxygen atoms in total. The summed E-state index contributed by atoms with van der Waals surface area (Å²) in [6.07, 6.45) is -1.12. The number of carbonyl (C=O) groups is 4. The summed E-state index contributed by atoms with van der Waals surface area (Å²) in [7, 11) is 0. The minimum atomic E-state index is -5.02. The van der Waals surface area contributed by atoms with Crippen LogP contribution in [0.3, 0.4) is 0 Å². The van der Waals surface area contributed by atoms with E-state index in [-0.39, 0.29) is 23.4 Å². The molecule has 1 aliphatic carbocycles. The fourth-order valence-corrected chi connectivity index (χ4v) is 5.22. The van der Waals surface area contributed by atoms with Crippen LogP contribution in [0.15, 0.2) is 24.4 Å². The molecule has 2 aromatic heterocycles. The summed E-state index contributed by atoms with van der Waals surface area (Å²) in [5.74, 6) is -3.00. The van der Waals surface area contributed by atoms with E-state index < -0.39 is 48.6 Å². The highest BCUT2D eigenvalue weighted by Gasteiger charge is 2.55. The number of amides is 3. The normalized spacial score (nSPS) is 23.3. The SMILES string of the molecule is O=C1NCC[C@H]1C[C@H](NC(=O)[C@@H]1CC2(CC2)CN1C(=O)c1cc2cccnc2[nH]1)C(=O)COC(F)(F)F. The number of hydrogen-bond acceptors (Lipinski definition) is 6. The average molecular weight is 521 g/mol. The Morgan fingerprint density at radius 2 is 2.08 bits per heavy atom. The van der Waals surface area contributed by atoms with Crippen LogP contribution in [0.1, 0.15) is 42.6 Å². The number of ketones is 1. The zero-order valence-electron chi connectivity index (χ0n) is 19.8. The molecule has 0 radical (unpaired) electrons. The molecule has 13 heteroatoms. The Morgan fingerprint density at radius 1 is 1.30 bits per heavy atom. The molecule has 0 aromatic carbocycles. The van der Waals surface area contributed by atoms with Crippen molar-refractivity contribution in [3.8, 4) is 0 Å². The molecule has 2 aliphatic heterocycles. The molecule has 5 rings (SSSR count). The topological polar surface area (TPSA) is 133 Å². The zero-order chi connectivity index (χ0) is 26.4. The number of carbonyl (C=O) groups excluding carboxylic acids is 4. The number of ether oxygens (including phenoxy) is 1. The van der Waals surface area contributed by atoms with Crippen molar-refractivity contribution in [2.75, 3.05) is 19.7 Å². The third kappa shape index (κ3) is 5.45. The Bertz CT molecular complexity index is 1210. The minimum Gasteiger partial charge on any atom is -0.356 e. The molecule has 4 heterocycles. The zero-order valence-corrected chi connectivity index (χ0v) is 19.8. The molecule has 37 heavy (non-hydrogen) atoms. The van der Waals surface area contributed by atoms with Gasteiger partial charge >= 0.3 is 6.36 Å². The maximum atomic E-state index is 13.4. The van der Waals surface area contributed by atoms with E-state index in [4.69, 9.17) is 0 Å². The molecule has 3 amide bonds. The number of aromatic amines is 1. The van der Waals surface area contributed by atoms with E-state index in [0.29, 0.717) is 31.6 Å². The van der Waals surface area contributed by atoms with E-state index in [1.165, 1.54) is 4.90 Å². The van der Waals surface area contributed by atoms with Crippen molar-refractivity contribution in [2.45, 2.75) is 50.6 Å². The van der Waals surface area contributed by atoms with Gasteiger partial charge in [-0.2, -0.15) is 0 Å². The standard InChI is InChI=1S/C24H26F3N5O5/c25-24(26,27)37-11-18(33)15(9-14-3-7-29-20(14)34)31-21(35)17-10-23(4-5-23)12-32(17)22(36)16-8-13-2-1-6-28-19(13)30-16/h1-2,6,8,14-15,17H,3-5,7,9-12H2,(H,28,30)(H,29,34)(H,31,35)/t14-,15-,17-/m0/s1. The number of pyridine rings is 1. The largest absolute Gasteiger partial charge is 0.522 e. The lowest BCUT2D eigenvalue weighted by atomic mass is 9.95. The molecule has 0 unspecified atom stereocenters. The van der Waals surface area contributed by atoms with Crippen molar-refractivity contribution in [2.24, 2.45) is 11.3 Å². The maximum absolute atomic E-state index is 13.4. The maximum Gasteiger partial charge on any atom is 0.522 e. The Hall–Kier alpha value is -3.48. The number of Topliss-reactive ketones (excluding diaryl/α,β-unsaturated/α-hetero) is 1. The first kappa shape index (κ1) is 25.2. The molecular formula is C24H26F3N5O5. The summed E-state index contributed by atoms with van der Waals surface area (Å²) in [6, 6.07) is 2.90. The fraction of sp³-hybridized carbons (Fsp3) is 0.542. The van der Waals surface area contributed by atoms with Crippen LogP contribution in [0, 0.1) is 11.3 Å². The van der Waals surface area contributed by atoms with E-state index in [2.05, 4.69) is 25.3 Å². The number of nitrogens with zero attached hydrogens (tertiary/aromatic N) is 2. The van der Waals surface area contributed by atoms with E-state index in [1.807, 2.05) is 0 Å². The van der Waals surface area contributed by atoms with Crippen molar-refractivity contribution >= 4 is 34.5 Å². The van der Waals surface area contributed by atoms with E-state index in [9.17, 15) is 32.3 Å². The molecule has 3 N–H and O–H groups in total. The molecule has 198 valence electrons. The van der Waals surface area contributed by atoms with Crippen LogP contribution in [0.25, 0.3) is 11.0 Å². The number of alkyl halides is 3. The summed E-state index contributed by atoms with van der Waals surface area (Å²) in [5.41, 5.74) is 0.599. The monoisotopic (exact) mass is 521 g/mol. The van der Waals surface area contributed by atoms with Crippen molar-refractivity contribution < 1.29 is 37.1 Å². The van der Waals surface area contributed by atoms with Gasteiger partial charge in [0, 0.05) is 30.6 Å². The van der Waals surface area contributed by atoms with E-state index in [1.54, 1.807) is 24.4 Å². The molecule has 3 fully saturated rings. The van der Waals surface area contributed by atoms with Crippen LogP contribution in [0.2, 0.25) is 0 Å². The molecule has 2 aromatic rings. The number of halogens is 3. The van der Waals surface area contributed by atoms with Gasteiger partial charge in [-0.05, 0) is 55.7 Å². The third-order valence-electron chi connectivity index (χ3n) is 7.42. The van der Waals surface area contributed by atoms with Crippen molar-refractivity contribution in [1.29, 1.82) is 0 Å². The van der Waals surface area contributed by atoms with Gasteiger partial charge in [-0.25, -0.2) is 4.98 Å². The average Bonchev–Trinajstić information content (AvgIpc) is 3.16. The number of nitrogens with one attached hydrogen (secondary N) is 3. The first-order chi connectivity index (χ1) is 17.5. The van der Waals surface area contributed by atoms with Crippen molar-refractivity contribution in [3.05, 3.63) is 30.1 Å². The van der Waals surface area contributed by atoms with Gasteiger partial charge in [0.1, 0.15) is 24.0 Å². The molecule has 3 aliphatic rings. The van der Waals surface area contributed by atoms with Crippen LogP contribution in [0.4, 0.5) is 13.2 Å². The van der Waals surface area contributed by atoms with Crippen molar-refractivity contribution in [1.82, 2.24) is 25.5 Å². The second kappa shape index (κ2) is 9.43. The Kier molecular flexibility index (Phi) is 6.42. The van der Waals surface area contributed by atoms with Gasteiger partial charge in [0.25, 0.3) is 5.91 Å². The molecule has 3 atom stereocenters. The van der Waals surface area contributed by atoms with Gasteiger partial charge in [0.05, 0.1) is 6.04 Å². The van der Waals surface area contributed by atoms with Gasteiger partial charge in [0.2, 0.25) is 11.8 Å². The van der Waals surface area contributed by atoms with E-state index >= 15 is 0 Å². The molecule has 2 saturated heterocycles. The summed E-state index contributed by atoms with van der Waals surface area (Å²) >= 11 is 0. The van der Waals surface area contributed by atoms with Crippen LogP contribution < -0.4 is 10.6 Å². The predicted octanol–water partition coefficient (Wildman–Crippen LogP) is 1.67. The lowest BCUT2D eigenvalue weighted by Crippen LogP contribution is -2.52. The second-order valence-corrected chi connectivity index (χ2v) is 10.1. The number of H-pyrrole nitrogens is 1. The Labute approximate surface area is 209 Å². The van der Waals surface area contributed by atoms with Crippen molar-refractivity contribution in [3.63, 3.8) is 0 Å². The van der Waals surface area contributed by atoms with Gasteiger partial charge in [-0.3, -0.25) is 23.9 Å². The van der Waals surface area contributed by atoms with Crippen LogP contribution in [-0.2, 0) is 19.1 Å². The second-order valence-electron chi connectivity index (χ2n) is 10.1. The van der Waals surface area contributed by atoms with Gasteiger partial charge in [-0.15, -0.1) is 13.2 Å². The first-order valence-corrected chi connectivity index (χ1v) is 12.1. The number of rotatable bonds is 8. The van der Waals surface area contributed by atoms with Crippen LogP contribution in [-0.4, -0.2) is 76.5 Å². The third-order valence-corrected chi connectivity index (χ3v) is 7.42. The quantitative estimate of drug-likeness (QED) is 0.484. The molecule has 1 spiro atoms. The van der Waals surface area contributed by atoms with Gasteiger partial charge in [0.15, 0.2) is 5.78 Å². The number of likely N-dealkylation sites (tertiary alicyclic amines) is 1. The fourth-order valence-electron chi connectivity index (χ4n) is 5.22. The number of fused-ring (bicyclic) bond motifs is 1. The van der Waals surface area contributed by atoms with Gasteiger partial charge in [-0.1, -0.05) is 0 Å². The molecule has 1 saturated carbocycles. The smallest absolute Gasteiger partial charge is 0.356 e. The van der Waals surface area contributed by atoms with Crippen LogP contribution in [0.5, 0.6) is 0 Å². The predicted molar refractivity (Wildman–Crippen MR) is 122 cm³/mol. The number of aromatic nitrogens is 2. The Morgan fingerprint density at radius 3 is 2.73 bits per heavy atom. The lowest BCUT2D eigenvalue weighted by molar-refractivity contribution is -0.321. The number of hydrogen-bond donors (Lipinski definition) is 3. The highest BCUT2D eigenvalue weighted by Crippen LogP contribution is 2.55. The van der Waals surface area contributed by atoms with Gasteiger partial charge < -0.3 is 20.5 Å². The lowest BCUT2D eigenvalue weighted by Gasteiger charge is -2.26. The summed E-state index contributed by atoms with van der Waals surface area (Å²) in [6.45, 7) is -0.556. The first-order valence-electron chi connectivity index (χ1n) is 12.1. The molecular weight excluding hydrogens is 495 g/mol. The summed E-state index contributed by atoms with van der Waals surface area (Å²) < 4.78 is 41.3. The molecule has 0 bridgehead atoms. The highest BCUT2D eigenvalue weighted by molar-refractivity contribution is 6.01. The van der Waals surface area contributed by atoms with E-state index in [0.717, 1.165) is 18.2 Å². The summed E-state index contributed by atoms with van der Waals surface area (Å²) in [5, 5.41) is 5.89. The minimum absolute atomic E-state index is 0.156. The highest BCUT2D eigenvalue weighted by atomic mass is 19.4. The Balaban J connectivity index is 1.34. The van der Waals surface area contributed by atoms with Crippen LogP contribution >= 0.6 is 0 Å². The summed E-state index contributed by atoms with van der Waals surface area (Å²) in [4.78, 5) is 60.1.